The normalized spacial score (nSPS) is 11.3. The van der Waals surface area contributed by atoms with Crippen molar-refractivity contribution in [3.8, 4) is 39.5 Å². The second kappa shape index (κ2) is 8.70. The maximum Gasteiger partial charge on any atom is 0.264 e. The zero-order valence-corrected chi connectivity index (χ0v) is 19.7. The predicted octanol–water partition coefficient (Wildman–Crippen LogP) is 4.49. The molecule has 0 radical (unpaired) electrons. The summed E-state index contributed by atoms with van der Waals surface area (Å²) in [4.78, 5) is 16.4. The smallest absolute Gasteiger partial charge is 0.264 e. The monoisotopic (exact) mass is 474 g/mol. The van der Waals surface area contributed by atoms with Crippen LogP contribution in [-0.4, -0.2) is 40.4 Å². The molecular formula is C27H22N8O. The lowest BCUT2D eigenvalue weighted by Gasteiger charge is -2.17. The van der Waals surface area contributed by atoms with Crippen LogP contribution in [-0.2, 0) is 6.42 Å². The number of hydrogen-bond donors (Lipinski definition) is 2. The molecule has 0 saturated heterocycles. The van der Waals surface area contributed by atoms with E-state index in [0.717, 1.165) is 56.8 Å². The Labute approximate surface area is 205 Å². The third-order valence-electron chi connectivity index (χ3n) is 6.35. The van der Waals surface area contributed by atoms with E-state index in [2.05, 4.69) is 79.6 Å². The number of aromatic nitrogens is 8. The lowest BCUT2D eigenvalue weighted by molar-refractivity contribution is 0.881. The van der Waals surface area contributed by atoms with Crippen LogP contribution in [0.5, 0.6) is 0 Å². The van der Waals surface area contributed by atoms with E-state index in [-0.39, 0.29) is 5.56 Å². The van der Waals surface area contributed by atoms with Gasteiger partial charge < -0.3 is 0 Å². The van der Waals surface area contributed by atoms with Crippen molar-refractivity contribution in [3.05, 3.63) is 94.5 Å². The fourth-order valence-corrected chi connectivity index (χ4v) is 4.65. The lowest BCUT2D eigenvalue weighted by Crippen LogP contribution is -2.06. The molecule has 0 aliphatic carbocycles. The highest BCUT2D eigenvalue weighted by Gasteiger charge is 2.21. The first-order chi connectivity index (χ1) is 17.6. The van der Waals surface area contributed by atoms with Crippen molar-refractivity contribution in [1.82, 2.24) is 40.4 Å². The lowest BCUT2D eigenvalue weighted by atomic mass is 9.94. The summed E-state index contributed by atoms with van der Waals surface area (Å²) in [5.74, 6) is 1.47. The van der Waals surface area contributed by atoms with E-state index in [9.17, 15) is 4.79 Å². The van der Waals surface area contributed by atoms with Gasteiger partial charge in [0.1, 0.15) is 5.82 Å². The van der Waals surface area contributed by atoms with Crippen LogP contribution in [0.15, 0.2) is 77.6 Å². The van der Waals surface area contributed by atoms with Crippen molar-refractivity contribution < 1.29 is 0 Å². The summed E-state index contributed by atoms with van der Waals surface area (Å²) >= 11 is 0. The van der Waals surface area contributed by atoms with Gasteiger partial charge in [0.15, 0.2) is 0 Å². The standard InChI is InChI=1S/C27H22N8O/c1-3-24-28-21-11-9-18(20-12-14-25(36)30-29-20)15-23(21)35(24)22-13-10-19(17-7-5-4-6-8-17)26(16(22)2)27-31-33-34-32-27/h4-15H,3H2,1-2H3,(H,30,36)(H,31,32,33,34). The summed E-state index contributed by atoms with van der Waals surface area (Å²) < 4.78 is 2.18. The highest BCUT2D eigenvalue weighted by Crippen LogP contribution is 2.37. The Balaban J connectivity index is 1.61. The molecule has 2 N–H and O–H groups in total. The van der Waals surface area contributed by atoms with Gasteiger partial charge in [-0.3, -0.25) is 9.36 Å². The SMILES string of the molecule is CCc1nc2ccc(-c3ccc(=O)[nH]n3)cc2n1-c1ccc(-c2ccccc2)c(-c2nn[nH]n2)c1C. The highest BCUT2D eigenvalue weighted by molar-refractivity contribution is 5.88. The summed E-state index contributed by atoms with van der Waals surface area (Å²) in [5.41, 5.74) is 8.18. The van der Waals surface area contributed by atoms with Crippen LogP contribution >= 0.6 is 0 Å². The summed E-state index contributed by atoms with van der Waals surface area (Å²) in [6.07, 6.45) is 0.748. The number of rotatable bonds is 5. The van der Waals surface area contributed by atoms with Crippen LogP contribution in [0.25, 0.3) is 50.5 Å². The molecule has 176 valence electrons. The van der Waals surface area contributed by atoms with Crippen molar-refractivity contribution >= 4 is 11.0 Å². The quantitative estimate of drug-likeness (QED) is 0.380. The number of nitrogens with one attached hydrogen (secondary N) is 2. The number of nitrogens with zero attached hydrogens (tertiary/aromatic N) is 6. The van der Waals surface area contributed by atoms with Crippen LogP contribution < -0.4 is 5.56 Å². The minimum Gasteiger partial charge on any atom is -0.296 e. The number of hydrogen-bond acceptors (Lipinski definition) is 6. The van der Waals surface area contributed by atoms with Gasteiger partial charge in [0, 0.05) is 23.6 Å². The van der Waals surface area contributed by atoms with Crippen molar-refractivity contribution in [2.45, 2.75) is 20.3 Å². The van der Waals surface area contributed by atoms with E-state index < -0.39 is 0 Å². The Bertz CT molecular complexity index is 1730. The molecule has 3 aromatic heterocycles. The largest absolute Gasteiger partial charge is 0.296 e. The van der Waals surface area contributed by atoms with E-state index in [1.807, 2.05) is 30.3 Å². The number of imidazole rings is 1. The van der Waals surface area contributed by atoms with Gasteiger partial charge in [0.25, 0.3) is 5.56 Å². The van der Waals surface area contributed by atoms with Gasteiger partial charge in [-0.15, -0.1) is 10.2 Å². The molecule has 36 heavy (non-hydrogen) atoms. The molecule has 0 atom stereocenters. The first-order valence-electron chi connectivity index (χ1n) is 11.6. The maximum absolute atomic E-state index is 11.5. The predicted molar refractivity (Wildman–Crippen MR) is 138 cm³/mol. The summed E-state index contributed by atoms with van der Waals surface area (Å²) in [5, 5.41) is 21.7. The zero-order chi connectivity index (χ0) is 24.6. The first kappa shape index (κ1) is 21.6. The van der Waals surface area contributed by atoms with Gasteiger partial charge in [0.2, 0.25) is 5.82 Å². The number of aromatic amines is 2. The van der Waals surface area contributed by atoms with Crippen molar-refractivity contribution in [2.75, 3.05) is 0 Å². The Hall–Kier alpha value is -4.92. The van der Waals surface area contributed by atoms with Crippen LogP contribution in [0, 0.1) is 6.92 Å². The Morgan fingerprint density at radius 1 is 0.917 bits per heavy atom. The van der Waals surface area contributed by atoms with E-state index in [0.29, 0.717) is 11.5 Å². The summed E-state index contributed by atoms with van der Waals surface area (Å²) in [6.45, 7) is 4.17. The molecule has 6 aromatic rings. The van der Waals surface area contributed by atoms with Gasteiger partial charge in [0.05, 0.1) is 22.4 Å². The fourth-order valence-electron chi connectivity index (χ4n) is 4.65. The molecule has 6 rings (SSSR count). The summed E-state index contributed by atoms with van der Waals surface area (Å²) in [6, 6.07) is 23.6. The van der Waals surface area contributed by atoms with Crippen molar-refractivity contribution in [1.29, 1.82) is 0 Å². The van der Waals surface area contributed by atoms with E-state index in [1.165, 1.54) is 6.07 Å². The van der Waals surface area contributed by atoms with E-state index >= 15 is 0 Å². The average Bonchev–Trinajstić information content (AvgIpc) is 3.57. The molecule has 0 fully saturated rings. The number of H-pyrrole nitrogens is 2. The van der Waals surface area contributed by atoms with Gasteiger partial charge in [-0.25, -0.2) is 10.1 Å². The second-order valence-corrected chi connectivity index (χ2v) is 8.46. The number of aryl methyl sites for hydroxylation is 1. The highest BCUT2D eigenvalue weighted by atomic mass is 16.1. The van der Waals surface area contributed by atoms with Gasteiger partial charge in [-0.1, -0.05) is 49.4 Å². The van der Waals surface area contributed by atoms with Crippen molar-refractivity contribution in [2.24, 2.45) is 0 Å². The fraction of sp³-hybridized carbons (Fsp3) is 0.111. The molecule has 0 bridgehead atoms. The summed E-state index contributed by atoms with van der Waals surface area (Å²) in [7, 11) is 0. The number of benzene rings is 3. The molecule has 0 spiro atoms. The topological polar surface area (TPSA) is 118 Å². The zero-order valence-electron chi connectivity index (χ0n) is 19.7. The minimum atomic E-state index is -0.235. The maximum atomic E-state index is 11.5. The van der Waals surface area contributed by atoms with Crippen LogP contribution in [0.3, 0.4) is 0 Å². The van der Waals surface area contributed by atoms with Crippen molar-refractivity contribution in [3.63, 3.8) is 0 Å². The molecule has 9 heteroatoms. The van der Waals surface area contributed by atoms with E-state index in [4.69, 9.17) is 4.98 Å². The Morgan fingerprint density at radius 2 is 1.78 bits per heavy atom. The average molecular weight is 475 g/mol. The number of tetrazole rings is 1. The first-order valence-corrected chi connectivity index (χ1v) is 11.6. The Morgan fingerprint density at radius 3 is 2.50 bits per heavy atom. The molecule has 0 aliphatic heterocycles. The molecule has 9 nitrogen and oxygen atoms in total. The molecule has 0 aliphatic rings. The molecule has 0 saturated carbocycles. The third kappa shape index (κ3) is 3.58. The second-order valence-electron chi connectivity index (χ2n) is 8.46. The van der Waals surface area contributed by atoms with Crippen LogP contribution in [0.2, 0.25) is 0 Å². The van der Waals surface area contributed by atoms with Crippen LogP contribution in [0.1, 0.15) is 18.3 Å². The van der Waals surface area contributed by atoms with Gasteiger partial charge >= 0.3 is 0 Å². The molecule has 0 amide bonds. The Kier molecular flexibility index (Phi) is 5.22. The van der Waals surface area contributed by atoms with Crippen LogP contribution in [0.4, 0.5) is 0 Å². The molecule has 3 aromatic carbocycles. The molecule has 0 unspecified atom stereocenters. The minimum absolute atomic E-state index is 0.235. The molecular weight excluding hydrogens is 452 g/mol. The molecule has 3 heterocycles. The third-order valence-corrected chi connectivity index (χ3v) is 6.35. The van der Waals surface area contributed by atoms with Gasteiger partial charge in [-0.05, 0) is 53.1 Å². The van der Waals surface area contributed by atoms with Gasteiger partial charge in [-0.2, -0.15) is 10.3 Å². The number of fused-ring (bicyclic) bond motifs is 1. The van der Waals surface area contributed by atoms with E-state index in [1.54, 1.807) is 6.07 Å².